The normalized spacial score (nSPS) is 31.9. The quantitative estimate of drug-likeness (QED) is 0.351. The molecule has 3 heterocycles. The summed E-state index contributed by atoms with van der Waals surface area (Å²) in [4.78, 5) is 38.8. The molecule has 216 valence electrons. The summed E-state index contributed by atoms with van der Waals surface area (Å²) in [6.07, 6.45) is 5.73. The van der Waals surface area contributed by atoms with Crippen LogP contribution in [0.15, 0.2) is 47.6 Å². The van der Waals surface area contributed by atoms with Crippen molar-refractivity contribution in [3.8, 4) is 11.5 Å². The molecule has 9 nitrogen and oxygen atoms in total. The number of carbonyl (C=O) groups excluding carboxylic acids is 3. The smallest absolute Gasteiger partial charge is 0.334 e. The molecular formula is C31H39NO8. The first kappa shape index (κ1) is 29.6. The lowest BCUT2D eigenvalue weighted by atomic mass is 9.82. The molecule has 0 radical (unpaired) electrons. The number of amides is 1. The van der Waals surface area contributed by atoms with Crippen molar-refractivity contribution in [1.82, 2.24) is 0 Å². The number of ketones is 1. The number of allylic oxidation sites excluding steroid dienone is 2. The molecule has 3 bridgehead atoms. The molecule has 3 N–H and O–H groups in total. The number of phenols is 1. The van der Waals surface area contributed by atoms with Gasteiger partial charge in [0.2, 0.25) is 11.7 Å². The van der Waals surface area contributed by atoms with E-state index in [2.05, 4.69) is 5.32 Å². The first-order valence-electron chi connectivity index (χ1n) is 13.9. The highest BCUT2D eigenvalue weighted by Crippen LogP contribution is 2.53. The van der Waals surface area contributed by atoms with Crippen LogP contribution in [0.25, 0.3) is 0 Å². The molecule has 40 heavy (non-hydrogen) atoms. The SMILES string of the molecule is CC[C@@H]1/C=C/[C@@H]([C@@H](O)C=C(C)C)OC(=O)/C(C)=C\CC(=O)Nc2cc(O)cc3c2O[C@@]2(CC1)CC(=O)[C@@H](C)[C@@H]3O2. The first-order chi connectivity index (χ1) is 18.9. The third-order valence-electron chi connectivity index (χ3n) is 7.71. The largest absolute Gasteiger partial charge is 0.508 e. The monoisotopic (exact) mass is 553 g/mol. The number of fused-ring (bicyclic) bond motifs is 2. The van der Waals surface area contributed by atoms with Crippen LogP contribution >= 0.6 is 0 Å². The zero-order valence-corrected chi connectivity index (χ0v) is 23.7. The zero-order chi connectivity index (χ0) is 29.2. The van der Waals surface area contributed by atoms with E-state index in [4.69, 9.17) is 14.2 Å². The standard InChI is InChI=1S/C31H39NO8/c1-6-20-8-9-26(24(34)13-17(2)3)38-30(37)18(4)7-10-27(36)32-23-15-21(33)14-22-28-19(5)25(35)16-31(39-28,12-11-20)40-29(22)23/h7-9,13-15,19-20,24,26,28,33-34H,6,10-12,16H2,1-5H3,(H,32,36)/b9-8+,18-7-/t19-,20-,24+,26+,28+,31+/m1/s1. The number of anilines is 1. The van der Waals surface area contributed by atoms with Crippen LogP contribution in [0, 0.1) is 11.8 Å². The Labute approximate surface area is 234 Å². The maximum Gasteiger partial charge on any atom is 0.334 e. The fourth-order valence-corrected chi connectivity index (χ4v) is 5.32. The molecule has 0 aliphatic carbocycles. The van der Waals surface area contributed by atoms with Crippen LogP contribution in [0.4, 0.5) is 5.69 Å². The fourth-order valence-electron chi connectivity index (χ4n) is 5.32. The number of carbonyl (C=O) groups is 3. The van der Waals surface area contributed by atoms with Gasteiger partial charge in [-0.15, -0.1) is 0 Å². The number of aliphatic hydroxyl groups is 1. The molecule has 1 spiro atoms. The Hall–Kier alpha value is -3.43. The Morgan fingerprint density at radius 2 is 1.98 bits per heavy atom. The third-order valence-corrected chi connectivity index (χ3v) is 7.71. The van der Waals surface area contributed by atoms with Gasteiger partial charge in [-0.25, -0.2) is 4.79 Å². The van der Waals surface area contributed by atoms with E-state index in [0.29, 0.717) is 24.2 Å². The number of phenolic OH excluding ortho intramolecular Hbond substituents is 1. The number of aromatic hydroxyl groups is 1. The van der Waals surface area contributed by atoms with Crippen molar-refractivity contribution >= 4 is 23.3 Å². The molecule has 3 aliphatic heterocycles. The average Bonchev–Trinajstić information content (AvgIpc) is 2.89. The summed E-state index contributed by atoms with van der Waals surface area (Å²) in [7, 11) is 0. The molecule has 1 amide bonds. The van der Waals surface area contributed by atoms with Gasteiger partial charge in [0.15, 0.2) is 5.75 Å². The second kappa shape index (κ2) is 12.0. The third kappa shape index (κ3) is 6.47. The van der Waals surface area contributed by atoms with Gasteiger partial charge in [-0.3, -0.25) is 9.59 Å². The Bertz CT molecular complexity index is 1260. The molecule has 9 heteroatoms. The Balaban J connectivity index is 1.76. The second-order valence-corrected chi connectivity index (χ2v) is 11.2. The minimum absolute atomic E-state index is 0.00254. The number of rotatable bonds is 3. The van der Waals surface area contributed by atoms with Gasteiger partial charge in [-0.1, -0.05) is 37.6 Å². The first-order valence-corrected chi connectivity index (χ1v) is 13.9. The molecule has 1 saturated heterocycles. The van der Waals surface area contributed by atoms with Gasteiger partial charge >= 0.3 is 5.97 Å². The number of benzene rings is 1. The van der Waals surface area contributed by atoms with Crippen molar-refractivity contribution in [3.63, 3.8) is 0 Å². The van der Waals surface area contributed by atoms with Gasteiger partial charge in [0.05, 0.1) is 12.1 Å². The van der Waals surface area contributed by atoms with Crippen molar-refractivity contribution in [1.29, 1.82) is 0 Å². The van der Waals surface area contributed by atoms with E-state index in [1.807, 2.05) is 26.8 Å². The van der Waals surface area contributed by atoms with Crippen molar-refractivity contribution in [2.45, 2.75) is 90.8 Å². The number of esters is 1. The van der Waals surface area contributed by atoms with Crippen molar-refractivity contribution in [2.75, 3.05) is 5.32 Å². The maximum absolute atomic E-state index is 13.1. The summed E-state index contributed by atoms with van der Waals surface area (Å²) in [5.41, 5.74) is 1.87. The summed E-state index contributed by atoms with van der Waals surface area (Å²) in [5.74, 6) is -2.46. The maximum atomic E-state index is 13.1. The number of cyclic esters (lactones) is 1. The highest BCUT2D eigenvalue weighted by molar-refractivity contribution is 5.96. The van der Waals surface area contributed by atoms with Crippen LogP contribution < -0.4 is 10.1 Å². The van der Waals surface area contributed by atoms with E-state index in [9.17, 15) is 24.6 Å². The lowest BCUT2D eigenvalue weighted by Gasteiger charge is -2.48. The number of Topliss-reactive ketones (excluding diaryl/α,β-unsaturated/α-hetero) is 1. The Kier molecular flexibility index (Phi) is 8.85. The molecule has 0 aromatic heterocycles. The van der Waals surface area contributed by atoms with E-state index in [-0.39, 0.29) is 41.6 Å². The van der Waals surface area contributed by atoms with Crippen molar-refractivity contribution < 1.29 is 38.8 Å². The lowest BCUT2D eigenvalue weighted by Crippen LogP contribution is -2.52. The number of nitrogens with one attached hydrogen (secondary N) is 1. The number of aliphatic hydroxyl groups excluding tert-OH is 1. The van der Waals surface area contributed by atoms with Gasteiger partial charge < -0.3 is 29.7 Å². The number of ether oxygens (including phenoxy) is 3. The highest BCUT2D eigenvalue weighted by Gasteiger charge is 2.52. The second-order valence-electron chi connectivity index (χ2n) is 11.2. The molecule has 0 saturated carbocycles. The van der Waals surface area contributed by atoms with Gasteiger partial charge in [0.1, 0.15) is 29.8 Å². The molecule has 1 aromatic carbocycles. The van der Waals surface area contributed by atoms with E-state index in [0.717, 1.165) is 12.0 Å². The van der Waals surface area contributed by atoms with Crippen LogP contribution in [0.3, 0.4) is 0 Å². The van der Waals surface area contributed by atoms with Crippen LogP contribution in [0.1, 0.15) is 78.4 Å². The van der Waals surface area contributed by atoms with Crippen molar-refractivity contribution in [3.05, 3.63) is 53.1 Å². The average molecular weight is 554 g/mol. The van der Waals surface area contributed by atoms with E-state index >= 15 is 0 Å². The molecule has 0 unspecified atom stereocenters. The summed E-state index contributed by atoms with van der Waals surface area (Å²) in [6.45, 7) is 9.06. The minimum Gasteiger partial charge on any atom is -0.508 e. The van der Waals surface area contributed by atoms with Crippen LogP contribution in [-0.4, -0.2) is 45.9 Å². The highest BCUT2D eigenvalue weighted by atomic mass is 16.7. The predicted octanol–water partition coefficient (Wildman–Crippen LogP) is 5.04. The molecule has 1 fully saturated rings. The van der Waals surface area contributed by atoms with Gasteiger partial charge in [0.25, 0.3) is 0 Å². The topological polar surface area (TPSA) is 131 Å². The Morgan fingerprint density at radius 1 is 1.23 bits per heavy atom. The summed E-state index contributed by atoms with van der Waals surface area (Å²) in [6, 6.07) is 2.91. The molecule has 3 aliphatic rings. The summed E-state index contributed by atoms with van der Waals surface area (Å²) < 4.78 is 18.5. The van der Waals surface area contributed by atoms with Gasteiger partial charge in [-0.2, -0.15) is 0 Å². The van der Waals surface area contributed by atoms with E-state index in [1.54, 1.807) is 26.0 Å². The van der Waals surface area contributed by atoms with E-state index < -0.39 is 41.9 Å². The van der Waals surface area contributed by atoms with Gasteiger partial charge in [0, 0.05) is 36.0 Å². The molecule has 4 rings (SSSR count). The Morgan fingerprint density at radius 3 is 2.67 bits per heavy atom. The fraction of sp³-hybridized carbons (Fsp3) is 0.516. The molecular weight excluding hydrogens is 514 g/mol. The van der Waals surface area contributed by atoms with Gasteiger partial charge in [-0.05, 0) is 51.7 Å². The van der Waals surface area contributed by atoms with Crippen LogP contribution in [0.5, 0.6) is 11.5 Å². The minimum atomic E-state index is -1.23. The van der Waals surface area contributed by atoms with Crippen molar-refractivity contribution in [2.24, 2.45) is 11.8 Å². The number of hydrogen-bond donors (Lipinski definition) is 3. The number of hydrogen-bond acceptors (Lipinski definition) is 8. The zero-order valence-electron chi connectivity index (χ0n) is 23.7. The van der Waals surface area contributed by atoms with Crippen LogP contribution in [0.2, 0.25) is 0 Å². The van der Waals surface area contributed by atoms with Crippen LogP contribution in [-0.2, 0) is 23.9 Å². The molecule has 1 aromatic rings. The molecule has 6 atom stereocenters. The predicted molar refractivity (Wildman–Crippen MR) is 149 cm³/mol. The lowest BCUT2D eigenvalue weighted by molar-refractivity contribution is -0.261. The summed E-state index contributed by atoms with van der Waals surface area (Å²) in [5, 5.41) is 24.0. The summed E-state index contributed by atoms with van der Waals surface area (Å²) >= 11 is 0. The van der Waals surface area contributed by atoms with E-state index in [1.165, 1.54) is 18.2 Å².